The summed E-state index contributed by atoms with van der Waals surface area (Å²) in [6.07, 6.45) is -16.3. The maximum atomic E-state index is 13.5. The maximum absolute atomic E-state index is 13.5. The minimum atomic E-state index is -5.16. The minimum Gasteiger partial charge on any atom is -0.453 e. The Hall–Kier alpha value is -3.85. The number of hydrogen-bond acceptors (Lipinski definition) is 5. The molecule has 0 spiro atoms. The van der Waals surface area contributed by atoms with Crippen molar-refractivity contribution in [2.24, 2.45) is 5.92 Å². The number of halogens is 9. The number of hydrogen-bond donors (Lipinski definition) is 0. The van der Waals surface area contributed by atoms with Gasteiger partial charge in [-0.1, -0.05) is 0 Å². The smallest absolute Gasteiger partial charge is 0.453 e. The Morgan fingerprint density at radius 2 is 1.53 bits per heavy atom. The molecule has 2 aromatic rings. The molecule has 1 aliphatic heterocycles. The van der Waals surface area contributed by atoms with Crippen LogP contribution in [0.15, 0.2) is 36.4 Å². The summed E-state index contributed by atoms with van der Waals surface area (Å²) in [4.78, 5) is 28.1. The van der Waals surface area contributed by atoms with Crippen LogP contribution in [-0.4, -0.2) is 43.2 Å². The zero-order valence-corrected chi connectivity index (χ0v) is 22.6. The first-order valence-corrected chi connectivity index (χ1v) is 12.9. The lowest BCUT2D eigenvalue weighted by atomic mass is 9.87. The molecule has 4 rings (SSSR count). The molecule has 0 radical (unpaired) electrons. The van der Waals surface area contributed by atoms with Crippen LogP contribution in [0.1, 0.15) is 54.5 Å². The van der Waals surface area contributed by atoms with Crippen LogP contribution in [0.25, 0.3) is 0 Å². The van der Waals surface area contributed by atoms with Crippen LogP contribution in [0.4, 0.5) is 54.8 Å². The van der Waals surface area contributed by atoms with Crippen LogP contribution in [0.5, 0.6) is 5.75 Å². The van der Waals surface area contributed by atoms with Crippen molar-refractivity contribution in [1.29, 1.82) is 0 Å². The second-order valence-corrected chi connectivity index (χ2v) is 10.0. The summed E-state index contributed by atoms with van der Waals surface area (Å²) >= 11 is 0. The number of carbonyl (C=O) groups excluding carboxylic acids is 2. The number of alkyl halides is 9. The number of ether oxygens (including phenoxy) is 3. The molecule has 2 amide bonds. The standard InChI is InChI=1S/C27H25F9N2O5/c1-3-42-24(40)38-20-7-6-18(43-27(34,35)36)11-19(20)22(12-21(38)15-4-5-15)37(23(39)41-2)13-14-8-16(25(28,29)30)10-17(9-14)26(31,32)33/h6-11,15,21-22H,3-5,12-13H2,1-2H3/t21-,22-/m1/s1. The van der Waals surface area contributed by atoms with E-state index >= 15 is 0 Å². The molecule has 0 aromatic heterocycles. The van der Waals surface area contributed by atoms with Gasteiger partial charge < -0.3 is 14.2 Å². The normalized spacial score (nSPS) is 19.0. The number of benzene rings is 2. The van der Waals surface area contributed by atoms with Crippen LogP contribution in [-0.2, 0) is 28.4 Å². The first kappa shape index (κ1) is 32.1. The first-order chi connectivity index (χ1) is 19.9. The lowest BCUT2D eigenvalue weighted by molar-refractivity contribution is -0.274. The van der Waals surface area contributed by atoms with Gasteiger partial charge in [-0.05, 0) is 74.1 Å². The van der Waals surface area contributed by atoms with Crippen molar-refractivity contribution in [2.75, 3.05) is 18.6 Å². The molecule has 0 saturated heterocycles. The molecule has 0 N–H and O–H groups in total. The number of rotatable bonds is 6. The third kappa shape index (κ3) is 7.39. The van der Waals surface area contributed by atoms with Gasteiger partial charge in [0.15, 0.2) is 0 Å². The number of amides is 2. The third-order valence-corrected chi connectivity index (χ3v) is 7.06. The topological polar surface area (TPSA) is 68.3 Å². The Bertz CT molecular complexity index is 1320. The van der Waals surface area contributed by atoms with Crippen molar-refractivity contribution in [2.45, 2.75) is 63.5 Å². The molecule has 0 bridgehead atoms. The van der Waals surface area contributed by atoms with Crippen LogP contribution < -0.4 is 9.64 Å². The Morgan fingerprint density at radius 3 is 2.02 bits per heavy atom. The van der Waals surface area contributed by atoms with Crippen molar-refractivity contribution in [3.63, 3.8) is 0 Å². The van der Waals surface area contributed by atoms with Crippen molar-refractivity contribution in [3.8, 4) is 5.75 Å². The Labute approximate surface area is 239 Å². The molecule has 1 fully saturated rings. The van der Waals surface area contributed by atoms with Gasteiger partial charge in [0.1, 0.15) is 5.75 Å². The number of fused-ring (bicyclic) bond motifs is 1. The van der Waals surface area contributed by atoms with Crippen LogP contribution in [0.3, 0.4) is 0 Å². The lowest BCUT2D eigenvalue weighted by Gasteiger charge is -2.44. The van der Waals surface area contributed by atoms with Gasteiger partial charge in [-0.3, -0.25) is 9.80 Å². The SMILES string of the molecule is CCOC(=O)N1c2ccc(OC(F)(F)F)cc2[C@H](N(Cc2cc(C(F)(F)F)cc(C(F)(F)F)c2)C(=O)OC)C[C@@H]1C1CC1. The van der Waals surface area contributed by atoms with Crippen LogP contribution in [0.2, 0.25) is 0 Å². The molecule has 1 aliphatic carbocycles. The molecular formula is C27H25F9N2O5. The maximum Gasteiger partial charge on any atom is 0.573 e. The second-order valence-electron chi connectivity index (χ2n) is 10.0. The number of methoxy groups -OCH3 is 1. The molecule has 7 nitrogen and oxygen atoms in total. The highest BCUT2D eigenvalue weighted by Gasteiger charge is 2.47. The van der Waals surface area contributed by atoms with Gasteiger partial charge in [-0.2, -0.15) is 26.3 Å². The van der Waals surface area contributed by atoms with E-state index in [4.69, 9.17) is 9.47 Å². The highest BCUT2D eigenvalue weighted by Crippen LogP contribution is 2.50. The molecule has 1 saturated carbocycles. The summed E-state index contributed by atoms with van der Waals surface area (Å²) < 4.78 is 134. The minimum absolute atomic E-state index is 0.0356. The molecular weight excluding hydrogens is 603 g/mol. The van der Waals surface area contributed by atoms with Gasteiger partial charge in [0.2, 0.25) is 0 Å². The molecule has 2 aliphatic rings. The zero-order chi connectivity index (χ0) is 31.9. The fourth-order valence-electron chi connectivity index (χ4n) is 5.19. The van der Waals surface area contributed by atoms with E-state index in [-0.39, 0.29) is 36.3 Å². The largest absolute Gasteiger partial charge is 0.573 e. The van der Waals surface area contributed by atoms with E-state index in [9.17, 15) is 49.1 Å². The van der Waals surface area contributed by atoms with E-state index in [1.165, 1.54) is 4.90 Å². The average molecular weight is 628 g/mol. The monoisotopic (exact) mass is 628 g/mol. The quantitative estimate of drug-likeness (QED) is 0.303. The average Bonchev–Trinajstić information content (AvgIpc) is 3.74. The summed E-state index contributed by atoms with van der Waals surface area (Å²) in [5.74, 6) is -0.843. The number of nitrogens with zero attached hydrogens (tertiary/aromatic N) is 2. The number of anilines is 1. The third-order valence-electron chi connectivity index (χ3n) is 7.06. The van der Waals surface area contributed by atoms with E-state index in [1.807, 2.05) is 0 Å². The Kier molecular flexibility index (Phi) is 8.71. The van der Waals surface area contributed by atoms with E-state index in [0.29, 0.717) is 25.0 Å². The summed E-state index contributed by atoms with van der Waals surface area (Å²) in [6, 6.07) is 1.91. The van der Waals surface area contributed by atoms with Crippen LogP contribution in [0, 0.1) is 5.92 Å². The zero-order valence-electron chi connectivity index (χ0n) is 22.6. The molecule has 2 aromatic carbocycles. The number of carbonyl (C=O) groups is 2. The predicted molar refractivity (Wildman–Crippen MR) is 131 cm³/mol. The van der Waals surface area contributed by atoms with Crippen molar-refractivity contribution in [3.05, 3.63) is 58.7 Å². The van der Waals surface area contributed by atoms with Gasteiger partial charge in [0.25, 0.3) is 0 Å². The molecule has 2 atom stereocenters. The van der Waals surface area contributed by atoms with E-state index in [0.717, 1.165) is 30.2 Å². The van der Waals surface area contributed by atoms with E-state index in [2.05, 4.69) is 4.74 Å². The highest BCUT2D eigenvalue weighted by molar-refractivity contribution is 5.91. The second kappa shape index (κ2) is 11.7. The van der Waals surface area contributed by atoms with E-state index < -0.39 is 72.0 Å². The van der Waals surface area contributed by atoms with Gasteiger partial charge >= 0.3 is 30.9 Å². The Balaban J connectivity index is 1.87. The molecule has 16 heteroatoms. The summed E-state index contributed by atoms with van der Waals surface area (Å²) in [7, 11) is 0.929. The van der Waals surface area contributed by atoms with Gasteiger partial charge in [-0.25, -0.2) is 9.59 Å². The fourth-order valence-corrected chi connectivity index (χ4v) is 5.19. The summed E-state index contributed by atoms with van der Waals surface area (Å²) in [5.41, 5.74) is -3.84. The van der Waals surface area contributed by atoms with Crippen molar-refractivity contribution >= 4 is 17.9 Å². The lowest BCUT2D eigenvalue weighted by Crippen LogP contribution is -2.49. The van der Waals surface area contributed by atoms with Crippen molar-refractivity contribution < 1.29 is 63.3 Å². The van der Waals surface area contributed by atoms with Gasteiger partial charge in [-0.15, -0.1) is 13.2 Å². The molecule has 1 heterocycles. The van der Waals surface area contributed by atoms with Crippen LogP contribution >= 0.6 is 0 Å². The van der Waals surface area contributed by atoms with Gasteiger partial charge in [0, 0.05) is 18.2 Å². The fraction of sp³-hybridized carbons (Fsp3) is 0.481. The summed E-state index contributed by atoms with van der Waals surface area (Å²) in [6.45, 7) is 0.665. The predicted octanol–water partition coefficient (Wildman–Crippen LogP) is 8.08. The molecule has 0 unspecified atom stereocenters. The van der Waals surface area contributed by atoms with E-state index in [1.54, 1.807) is 6.92 Å². The summed E-state index contributed by atoms with van der Waals surface area (Å²) in [5, 5.41) is 0. The highest BCUT2D eigenvalue weighted by atomic mass is 19.4. The van der Waals surface area contributed by atoms with Gasteiger partial charge in [0.05, 0.1) is 36.6 Å². The Morgan fingerprint density at radius 1 is 0.930 bits per heavy atom. The van der Waals surface area contributed by atoms with Crippen molar-refractivity contribution in [1.82, 2.24) is 4.90 Å². The molecule has 43 heavy (non-hydrogen) atoms. The molecule has 236 valence electrons. The first-order valence-electron chi connectivity index (χ1n) is 12.9.